The molecule has 0 aliphatic carbocycles. The molecule has 6 nitrogen and oxygen atoms in total. The van der Waals surface area contributed by atoms with E-state index in [2.05, 4.69) is 11.2 Å². The van der Waals surface area contributed by atoms with Crippen molar-refractivity contribution in [3.05, 3.63) is 74.9 Å². The van der Waals surface area contributed by atoms with Gasteiger partial charge >= 0.3 is 0 Å². The van der Waals surface area contributed by atoms with Gasteiger partial charge in [-0.2, -0.15) is 10.4 Å². The summed E-state index contributed by atoms with van der Waals surface area (Å²) in [7, 11) is 3.95. The Bertz CT molecular complexity index is 1210. The van der Waals surface area contributed by atoms with Crippen molar-refractivity contribution < 1.29 is 4.74 Å². The standard InChI is InChI=1S/C22H19Cl2N5O/c1-12-19-20(13-4-6-14(7-5-13)28(2)3)16(11-25)21(26)30-22(19)29(27-12)15-8-9-17(23)18(24)10-15/h4-10,21H,26H2,1-3H3. The van der Waals surface area contributed by atoms with Gasteiger partial charge in [0.15, 0.2) is 6.23 Å². The van der Waals surface area contributed by atoms with E-state index in [0.29, 0.717) is 32.9 Å². The van der Waals surface area contributed by atoms with Gasteiger partial charge in [-0.05, 0) is 42.8 Å². The van der Waals surface area contributed by atoms with E-state index >= 15 is 0 Å². The average Bonchev–Trinajstić information content (AvgIpc) is 3.05. The van der Waals surface area contributed by atoms with Crippen LogP contribution in [0.5, 0.6) is 5.88 Å². The van der Waals surface area contributed by atoms with Crippen molar-refractivity contribution >= 4 is 34.5 Å². The van der Waals surface area contributed by atoms with E-state index in [4.69, 9.17) is 33.7 Å². The number of anilines is 1. The van der Waals surface area contributed by atoms with E-state index in [1.165, 1.54) is 0 Å². The summed E-state index contributed by atoms with van der Waals surface area (Å²) in [4.78, 5) is 2.01. The molecule has 1 aromatic heterocycles. The molecule has 0 spiro atoms. The number of nitrogens with two attached hydrogens (primary N) is 1. The van der Waals surface area contributed by atoms with Gasteiger partial charge in [0.1, 0.15) is 6.07 Å². The lowest BCUT2D eigenvalue weighted by molar-refractivity contribution is 0.228. The summed E-state index contributed by atoms with van der Waals surface area (Å²) in [6.07, 6.45) is -0.913. The van der Waals surface area contributed by atoms with Crippen molar-refractivity contribution in [2.75, 3.05) is 19.0 Å². The molecule has 0 saturated carbocycles. The van der Waals surface area contributed by atoms with Gasteiger partial charge in [0.2, 0.25) is 5.88 Å². The molecule has 4 rings (SSSR count). The number of rotatable bonds is 3. The van der Waals surface area contributed by atoms with Crippen LogP contribution in [-0.4, -0.2) is 30.1 Å². The van der Waals surface area contributed by atoms with Crippen molar-refractivity contribution in [3.8, 4) is 17.6 Å². The number of hydrogen-bond donors (Lipinski definition) is 1. The zero-order valence-corrected chi connectivity index (χ0v) is 18.2. The number of nitriles is 1. The van der Waals surface area contributed by atoms with Gasteiger partial charge in [-0.3, -0.25) is 5.73 Å². The number of fused-ring (bicyclic) bond motifs is 1. The molecule has 1 atom stereocenters. The highest BCUT2D eigenvalue weighted by molar-refractivity contribution is 6.42. The van der Waals surface area contributed by atoms with Crippen LogP contribution in [0.1, 0.15) is 16.8 Å². The monoisotopic (exact) mass is 439 g/mol. The highest BCUT2D eigenvalue weighted by Gasteiger charge is 2.33. The quantitative estimate of drug-likeness (QED) is 0.646. The summed E-state index contributed by atoms with van der Waals surface area (Å²) in [5, 5.41) is 15.3. The maximum atomic E-state index is 9.81. The molecule has 1 aliphatic rings. The molecule has 0 bridgehead atoms. The highest BCUT2D eigenvalue weighted by Crippen LogP contribution is 2.42. The number of halogens is 2. The van der Waals surface area contributed by atoms with Crippen molar-refractivity contribution in [3.63, 3.8) is 0 Å². The van der Waals surface area contributed by atoms with Crippen LogP contribution in [-0.2, 0) is 0 Å². The minimum atomic E-state index is -0.913. The van der Waals surface area contributed by atoms with Gasteiger partial charge in [-0.15, -0.1) is 0 Å². The number of ether oxygens (including phenoxy) is 1. The van der Waals surface area contributed by atoms with E-state index in [1.807, 2.05) is 50.2 Å². The number of benzene rings is 2. The molecular formula is C22H19Cl2N5O. The van der Waals surface area contributed by atoms with Crippen LogP contribution in [0.2, 0.25) is 10.0 Å². The number of hydrogen-bond acceptors (Lipinski definition) is 5. The topological polar surface area (TPSA) is 80.1 Å². The summed E-state index contributed by atoms with van der Waals surface area (Å²) >= 11 is 12.3. The zero-order chi connectivity index (χ0) is 21.6. The lowest BCUT2D eigenvalue weighted by atomic mass is 9.91. The van der Waals surface area contributed by atoms with Crippen LogP contribution in [0.4, 0.5) is 5.69 Å². The van der Waals surface area contributed by atoms with E-state index in [9.17, 15) is 5.26 Å². The van der Waals surface area contributed by atoms with Gasteiger partial charge in [-0.1, -0.05) is 35.3 Å². The van der Waals surface area contributed by atoms with Crippen molar-refractivity contribution in [1.29, 1.82) is 5.26 Å². The first kappa shape index (κ1) is 20.3. The lowest BCUT2D eigenvalue weighted by Crippen LogP contribution is -2.33. The second kappa shape index (κ2) is 7.69. The number of aryl methyl sites for hydroxylation is 1. The third-order valence-electron chi connectivity index (χ3n) is 5.00. The summed E-state index contributed by atoms with van der Waals surface area (Å²) in [6, 6.07) is 15.4. The van der Waals surface area contributed by atoms with Gasteiger partial charge in [-0.25, -0.2) is 4.68 Å². The summed E-state index contributed by atoms with van der Waals surface area (Å²) in [5.74, 6) is 0.462. The van der Waals surface area contributed by atoms with Crippen LogP contribution in [0.15, 0.2) is 48.0 Å². The highest BCUT2D eigenvalue weighted by atomic mass is 35.5. The van der Waals surface area contributed by atoms with E-state index in [0.717, 1.165) is 22.4 Å². The maximum Gasteiger partial charge on any atom is 0.226 e. The van der Waals surface area contributed by atoms with Crippen molar-refractivity contribution in [1.82, 2.24) is 9.78 Å². The van der Waals surface area contributed by atoms with Gasteiger partial charge in [0.05, 0.1) is 32.6 Å². The zero-order valence-electron chi connectivity index (χ0n) is 16.6. The molecule has 0 saturated heterocycles. The smallest absolute Gasteiger partial charge is 0.226 e. The molecule has 2 heterocycles. The SMILES string of the molecule is Cc1nn(-c2ccc(Cl)c(Cl)c2)c2c1C(c1ccc(N(C)C)cc1)=C(C#N)C(N)O2. The second-order valence-corrected chi connectivity index (χ2v) is 7.97. The molecule has 2 N–H and O–H groups in total. The van der Waals surface area contributed by atoms with Crippen molar-refractivity contribution in [2.45, 2.75) is 13.2 Å². The lowest BCUT2D eigenvalue weighted by Gasteiger charge is -2.25. The molecule has 30 heavy (non-hydrogen) atoms. The predicted molar refractivity (Wildman–Crippen MR) is 119 cm³/mol. The molecule has 1 aliphatic heterocycles. The Kier molecular flexibility index (Phi) is 5.20. The Morgan fingerprint density at radius 2 is 1.83 bits per heavy atom. The third kappa shape index (κ3) is 3.31. The molecule has 0 amide bonds. The Morgan fingerprint density at radius 1 is 1.13 bits per heavy atom. The second-order valence-electron chi connectivity index (χ2n) is 7.16. The Hall–Kier alpha value is -2.98. The Morgan fingerprint density at radius 3 is 2.43 bits per heavy atom. The molecule has 152 valence electrons. The van der Waals surface area contributed by atoms with Crippen LogP contribution < -0.4 is 15.4 Å². The largest absolute Gasteiger partial charge is 0.453 e. The maximum absolute atomic E-state index is 9.81. The van der Waals surface area contributed by atoms with E-state index in [-0.39, 0.29) is 0 Å². The first-order valence-corrected chi connectivity index (χ1v) is 9.97. The molecule has 3 aromatic rings. The first-order valence-electron chi connectivity index (χ1n) is 9.21. The minimum Gasteiger partial charge on any atom is -0.453 e. The summed E-state index contributed by atoms with van der Waals surface area (Å²) in [6.45, 7) is 1.87. The average molecular weight is 440 g/mol. The minimum absolute atomic E-state index is 0.358. The summed E-state index contributed by atoms with van der Waals surface area (Å²) < 4.78 is 7.57. The van der Waals surface area contributed by atoms with Crippen LogP contribution in [0.3, 0.4) is 0 Å². The Labute approximate surface area is 184 Å². The van der Waals surface area contributed by atoms with E-state index < -0.39 is 6.23 Å². The third-order valence-corrected chi connectivity index (χ3v) is 5.74. The normalized spacial score (nSPS) is 15.4. The predicted octanol–water partition coefficient (Wildman–Crippen LogP) is 4.56. The Balaban J connectivity index is 1.93. The van der Waals surface area contributed by atoms with Gasteiger partial charge in [0, 0.05) is 25.4 Å². The molecule has 0 radical (unpaired) electrons. The first-order chi connectivity index (χ1) is 14.3. The van der Waals surface area contributed by atoms with Crippen LogP contribution in [0, 0.1) is 18.3 Å². The fourth-order valence-electron chi connectivity index (χ4n) is 3.50. The van der Waals surface area contributed by atoms with Gasteiger partial charge < -0.3 is 9.64 Å². The van der Waals surface area contributed by atoms with Crippen LogP contribution >= 0.6 is 23.2 Å². The molecule has 2 aromatic carbocycles. The molecule has 8 heteroatoms. The summed E-state index contributed by atoms with van der Waals surface area (Å²) in [5.41, 5.74) is 11.4. The van der Waals surface area contributed by atoms with E-state index in [1.54, 1.807) is 22.9 Å². The van der Waals surface area contributed by atoms with Crippen LogP contribution in [0.25, 0.3) is 11.3 Å². The van der Waals surface area contributed by atoms with Gasteiger partial charge in [0.25, 0.3) is 0 Å². The number of nitrogens with zero attached hydrogens (tertiary/aromatic N) is 4. The number of aromatic nitrogens is 2. The molecular weight excluding hydrogens is 421 g/mol. The molecule has 0 fully saturated rings. The van der Waals surface area contributed by atoms with Crippen molar-refractivity contribution in [2.24, 2.45) is 5.73 Å². The fraction of sp³-hybridized carbons (Fsp3) is 0.182. The fourth-order valence-corrected chi connectivity index (χ4v) is 3.79. The molecule has 1 unspecified atom stereocenters.